The minimum atomic E-state index is -1.05. The van der Waals surface area contributed by atoms with E-state index in [-0.39, 0.29) is 31.3 Å². The van der Waals surface area contributed by atoms with Gasteiger partial charge in [0.25, 0.3) is 0 Å². The van der Waals surface area contributed by atoms with Gasteiger partial charge in [-0.25, -0.2) is 0 Å². The van der Waals surface area contributed by atoms with E-state index in [9.17, 15) is 19.2 Å². The Kier molecular flexibility index (Phi) is 14.0. The SMILES string of the molecule is CC(C)C[C@H](NC(=O)[C@H](N)Cc1ccccc1)C(=O)N[C@H](CCCN=C(N)N)C(=O)N[C@@H](Cc1ccccc1)C(N)=O. The van der Waals surface area contributed by atoms with Crippen molar-refractivity contribution in [1.82, 2.24) is 16.0 Å². The highest BCUT2D eigenvalue weighted by Gasteiger charge is 2.30. The first kappa shape index (κ1) is 33.8. The highest BCUT2D eigenvalue weighted by Crippen LogP contribution is 2.10. The summed E-state index contributed by atoms with van der Waals surface area (Å²) in [5.74, 6) is -2.39. The van der Waals surface area contributed by atoms with Gasteiger partial charge in [-0.1, -0.05) is 74.5 Å². The number of aliphatic imine (C=N–C) groups is 1. The molecule has 0 saturated carbocycles. The number of primary amides is 1. The lowest BCUT2D eigenvalue weighted by molar-refractivity contribution is -0.133. The molecule has 2 aromatic rings. The van der Waals surface area contributed by atoms with Crippen LogP contribution in [0.5, 0.6) is 0 Å². The highest BCUT2D eigenvalue weighted by molar-refractivity contribution is 5.94. The molecule has 0 radical (unpaired) electrons. The van der Waals surface area contributed by atoms with Crippen LogP contribution in [0.3, 0.4) is 0 Å². The lowest BCUT2D eigenvalue weighted by Crippen LogP contribution is -2.58. The van der Waals surface area contributed by atoms with E-state index in [4.69, 9.17) is 22.9 Å². The first-order chi connectivity index (χ1) is 20.0. The maximum absolute atomic E-state index is 13.5. The predicted octanol–water partition coefficient (Wildman–Crippen LogP) is -0.161. The van der Waals surface area contributed by atoms with E-state index >= 15 is 0 Å². The first-order valence-corrected chi connectivity index (χ1v) is 14.1. The van der Waals surface area contributed by atoms with Crippen LogP contribution in [0.15, 0.2) is 65.7 Å². The van der Waals surface area contributed by atoms with Crippen LogP contribution >= 0.6 is 0 Å². The summed E-state index contributed by atoms with van der Waals surface area (Å²) in [6.45, 7) is 4.05. The molecule has 4 amide bonds. The second-order valence-corrected chi connectivity index (χ2v) is 10.7. The molecular formula is C30H44N8O4. The largest absolute Gasteiger partial charge is 0.370 e. The number of amides is 4. The van der Waals surface area contributed by atoms with Gasteiger partial charge in [0, 0.05) is 13.0 Å². The average Bonchev–Trinajstić information content (AvgIpc) is 2.94. The molecule has 4 atom stereocenters. The Morgan fingerprint density at radius 2 is 1.21 bits per heavy atom. The molecule has 0 fully saturated rings. The van der Waals surface area contributed by atoms with Crippen LogP contribution in [0.25, 0.3) is 0 Å². The van der Waals surface area contributed by atoms with Gasteiger partial charge in [0.15, 0.2) is 5.96 Å². The normalized spacial score (nSPS) is 13.7. The predicted molar refractivity (Wildman–Crippen MR) is 163 cm³/mol. The number of guanidine groups is 1. The zero-order valence-corrected chi connectivity index (χ0v) is 24.3. The van der Waals surface area contributed by atoms with Crippen LogP contribution in [0.2, 0.25) is 0 Å². The Morgan fingerprint density at radius 1 is 0.714 bits per heavy atom. The van der Waals surface area contributed by atoms with Crippen LogP contribution in [0, 0.1) is 5.92 Å². The summed E-state index contributed by atoms with van der Waals surface area (Å²) in [5, 5.41) is 8.16. The molecule has 228 valence electrons. The van der Waals surface area contributed by atoms with E-state index in [0.29, 0.717) is 19.3 Å². The Morgan fingerprint density at radius 3 is 1.74 bits per heavy atom. The number of hydrogen-bond acceptors (Lipinski definition) is 6. The van der Waals surface area contributed by atoms with Gasteiger partial charge >= 0.3 is 0 Å². The van der Waals surface area contributed by atoms with Gasteiger partial charge in [-0.15, -0.1) is 0 Å². The number of rotatable bonds is 17. The number of nitrogens with two attached hydrogens (primary N) is 4. The second kappa shape index (κ2) is 17.4. The van der Waals surface area contributed by atoms with E-state index in [1.807, 2.05) is 74.5 Å². The lowest BCUT2D eigenvalue weighted by atomic mass is 10.0. The van der Waals surface area contributed by atoms with E-state index in [1.165, 1.54) is 0 Å². The zero-order valence-electron chi connectivity index (χ0n) is 24.3. The molecule has 0 bridgehead atoms. The maximum Gasteiger partial charge on any atom is 0.243 e. The smallest absolute Gasteiger partial charge is 0.243 e. The Bertz CT molecular complexity index is 1190. The molecule has 42 heavy (non-hydrogen) atoms. The molecule has 0 aliphatic heterocycles. The number of carbonyl (C=O) groups is 4. The molecule has 11 N–H and O–H groups in total. The minimum Gasteiger partial charge on any atom is -0.370 e. The summed E-state index contributed by atoms with van der Waals surface area (Å²) in [7, 11) is 0. The van der Waals surface area contributed by atoms with Crippen LogP contribution in [0.1, 0.15) is 44.2 Å². The third-order valence-electron chi connectivity index (χ3n) is 6.50. The molecule has 0 aromatic heterocycles. The molecule has 0 unspecified atom stereocenters. The topological polar surface area (TPSA) is 221 Å². The van der Waals surface area contributed by atoms with Crippen molar-refractivity contribution in [1.29, 1.82) is 0 Å². The van der Waals surface area contributed by atoms with Gasteiger partial charge in [-0.05, 0) is 42.7 Å². The lowest BCUT2D eigenvalue weighted by Gasteiger charge is -2.26. The second-order valence-electron chi connectivity index (χ2n) is 10.7. The summed E-state index contributed by atoms with van der Waals surface area (Å²) in [6, 6.07) is 14.6. The number of benzene rings is 2. The molecule has 0 heterocycles. The van der Waals surface area contributed by atoms with Crippen LogP contribution < -0.4 is 38.9 Å². The van der Waals surface area contributed by atoms with Gasteiger partial charge in [0.1, 0.15) is 18.1 Å². The quantitative estimate of drug-likeness (QED) is 0.0760. The monoisotopic (exact) mass is 580 g/mol. The number of nitrogens with one attached hydrogen (secondary N) is 3. The van der Waals surface area contributed by atoms with Gasteiger partial charge in [-0.2, -0.15) is 0 Å². The summed E-state index contributed by atoms with van der Waals surface area (Å²) in [5.41, 5.74) is 24.2. The molecule has 2 rings (SSSR count). The molecule has 2 aromatic carbocycles. The molecule has 0 aliphatic rings. The minimum absolute atomic E-state index is 0.0469. The van der Waals surface area contributed by atoms with Crippen molar-refractivity contribution in [2.45, 2.75) is 70.1 Å². The van der Waals surface area contributed by atoms with Gasteiger partial charge in [0.2, 0.25) is 23.6 Å². The van der Waals surface area contributed by atoms with Crippen molar-refractivity contribution in [2.75, 3.05) is 6.54 Å². The zero-order chi connectivity index (χ0) is 31.1. The maximum atomic E-state index is 13.5. The molecular weight excluding hydrogens is 536 g/mol. The van der Waals surface area contributed by atoms with Crippen molar-refractivity contribution in [3.8, 4) is 0 Å². The van der Waals surface area contributed by atoms with Crippen LogP contribution in [-0.2, 0) is 32.0 Å². The third-order valence-corrected chi connectivity index (χ3v) is 6.50. The van der Waals surface area contributed by atoms with Gasteiger partial charge in [-0.3, -0.25) is 24.2 Å². The fraction of sp³-hybridized carbons (Fsp3) is 0.433. The number of nitrogens with zero attached hydrogens (tertiary/aromatic N) is 1. The summed E-state index contributed by atoms with van der Waals surface area (Å²) >= 11 is 0. The van der Waals surface area contributed by atoms with Crippen molar-refractivity contribution >= 4 is 29.6 Å². The van der Waals surface area contributed by atoms with Crippen molar-refractivity contribution in [3.63, 3.8) is 0 Å². The third kappa shape index (κ3) is 12.4. The van der Waals surface area contributed by atoms with Crippen molar-refractivity contribution in [2.24, 2.45) is 33.8 Å². The standard InChI is InChI=1S/C30H44N8O4/c1-19(2)16-25(38-27(40)22(31)17-20-10-5-3-6-11-20)29(42)36-23(14-9-15-35-30(33)34)28(41)37-24(26(32)39)18-21-12-7-4-8-13-21/h3-8,10-13,19,22-25H,9,14-18,31H2,1-2H3,(H2,32,39)(H,36,42)(H,37,41)(H,38,40)(H4,33,34,35)/t22-,23-,24+,25+/m1/s1. The van der Waals surface area contributed by atoms with E-state index < -0.39 is 47.8 Å². The van der Waals surface area contributed by atoms with Crippen molar-refractivity contribution < 1.29 is 19.2 Å². The fourth-order valence-electron chi connectivity index (χ4n) is 4.33. The Labute approximate surface area is 247 Å². The molecule has 12 heteroatoms. The molecule has 0 aliphatic carbocycles. The van der Waals surface area contributed by atoms with E-state index in [1.54, 1.807) is 0 Å². The first-order valence-electron chi connectivity index (χ1n) is 14.1. The van der Waals surface area contributed by atoms with Gasteiger partial charge < -0.3 is 38.9 Å². The van der Waals surface area contributed by atoms with E-state index in [0.717, 1.165) is 11.1 Å². The van der Waals surface area contributed by atoms with Crippen molar-refractivity contribution in [3.05, 3.63) is 71.8 Å². The van der Waals surface area contributed by atoms with Crippen LogP contribution in [0.4, 0.5) is 0 Å². The summed E-state index contributed by atoms with van der Waals surface area (Å²) in [4.78, 5) is 55.9. The molecule has 0 saturated heterocycles. The summed E-state index contributed by atoms with van der Waals surface area (Å²) < 4.78 is 0. The number of carbonyl (C=O) groups excluding carboxylic acids is 4. The highest BCUT2D eigenvalue weighted by atomic mass is 16.2. The van der Waals surface area contributed by atoms with Gasteiger partial charge in [0.05, 0.1) is 6.04 Å². The number of hydrogen-bond donors (Lipinski definition) is 7. The average molecular weight is 581 g/mol. The summed E-state index contributed by atoms with van der Waals surface area (Å²) in [6.07, 6.45) is 1.33. The van der Waals surface area contributed by atoms with Crippen LogP contribution in [-0.4, -0.2) is 60.3 Å². The Balaban J connectivity index is 2.16. The Hall–Kier alpha value is -4.45. The molecule has 0 spiro atoms. The fourth-order valence-corrected chi connectivity index (χ4v) is 4.33. The van der Waals surface area contributed by atoms with E-state index in [2.05, 4.69) is 20.9 Å². The molecule has 12 nitrogen and oxygen atoms in total.